The van der Waals surface area contributed by atoms with E-state index in [1.165, 1.54) is 4.90 Å². The van der Waals surface area contributed by atoms with Crippen molar-refractivity contribution in [2.75, 3.05) is 19.4 Å². The third-order valence-electron chi connectivity index (χ3n) is 3.58. The molecule has 0 saturated carbocycles. The summed E-state index contributed by atoms with van der Waals surface area (Å²) in [6.45, 7) is 1.84. The molecule has 0 radical (unpaired) electrons. The summed E-state index contributed by atoms with van der Waals surface area (Å²) in [4.78, 5) is 13.2. The van der Waals surface area contributed by atoms with Crippen LogP contribution in [-0.4, -0.2) is 25.0 Å². The molecule has 1 atom stereocenters. The van der Waals surface area contributed by atoms with Gasteiger partial charge in [0.15, 0.2) is 11.5 Å². The molecule has 1 N–H and O–H groups in total. The molecule has 1 aliphatic heterocycles. The molecule has 0 fully saturated rings. The Kier molecular flexibility index (Phi) is 3.82. The van der Waals surface area contributed by atoms with Gasteiger partial charge in [-0.1, -0.05) is 11.6 Å². The predicted molar refractivity (Wildman–Crippen MR) is 89.2 cm³/mol. The van der Waals surface area contributed by atoms with Gasteiger partial charge in [0, 0.05) is 43.4 Å². The zero-order valence-corrected chi connectivity index (χ0v) is 13.8. The van der Waals surface area contributed by atoms with E-state index in [2.05, 4.69) is 5.32 Å². The van der Waals surface area contributed by atoms with Gasteiger partial charge in [-0.15, -0.1) is 0 Å². The highest BCUT2D eigenvalue weighted by Gasteiger charge is 2.38. The fourth-order valence-corrected chi connectivity index (χ4v) is 2.42. The standard InChI is InChI=1S/C17H17ClN2O3/c1-17(11-4-6-12(18)7-5-11)22-14-9-8-13(10-15(14)23-17)19-16(21)20(2)3/h4-10H,1-3H3,(H,19,21). The van der Waals surface area contributed by atoms with Crippen molar-refractivity contribution >= 4 is 23.3 Å². The zero-order valence-electron chi connectivity index (χ0n) is 13.1. The minimum atomic E-state index is -0.920. The number of rotatable bonds is 2. The SMILES string of the molecule is CN(C)C(=O)Nc1ccc2c(c1)OC(C)(c1ccc(Cl)cc1)O2. The Morgan fingerprint density at radius 1 is 1.09 bits per heavy atom. The fourth-order valence-electron chi connectivity index (χ4n) is 2.30. The largest absolute Gasteiger partial charge is 0.445 e. The summed E-state index contributed by atoms with van der Waals surface area (Å²) in [5.74, 6) is 0.293. The number of hydrogen-bond donors (Lipinski definition) is 1. The molecule has 0 bridgehead atoms. The number of amides is 2. The molecule has 1 heterocycles. The van der Waals surface area contributed by atoms with Crippen LogP contribution in [0.25, 0.3) is 0 Å². The molecule has 2 aromatic rings. The Hall–Kier alpha value is -2.40. The highest BCUT2D eigenvalue weighted by Crippen LogP contribution is 2.45. The molecule has 0 saturated heterocycles. The van der Waals surface area contributed by atoms with E-state index in [4.69, 9.17) is 21.1 Å². The van der Waals surface area contributed by atoms with Gasteiger partial charge in [-0.2, -0.15) is 0 Å². The van der Waals surface area contributed by atoms with E-state index in [0.717, 1.165) is 5.56 Å². The van der Waals surface area contributed by atoms with Gasteiger partial charge in [0.05, 0.1) is 0 Å². The van der Waals surface area contributed by atoms with E-state index >= 15 is 0 Å². The van der Waals surface area contributed by atoms with Crippen molar-refractivity contribution in [3.05, 3.63) is 53.1 Å². The van der Waals surface area contributed by atoms with Crippen LogP contribution in [0.5, 0.6) is 11.5 Å². The monoisotopic (exact) mass is 332 g/mol. The number of ether oxygens (including phenoxy) is 2. The summed E-state index contributed by atoms with van der Waals surface area (Å²) in [6, 6.07) is 12.4. The molecule has 1 aliphatic rings. The van der Waals surface area contributed by atoms with Crippen LogP contribution in [0.4, 0.5) is 10.5 Å². The molecule has 0 aliphatic carbocycles. The summed E-state index contributed by atoms with van der Waals surface area (Å²) in [5, 5.41) is 3.43. The molecular weight excluding hydrogens is 316 g/mol. The Balaban J connectivity index is 1.83. The van der Waals surface area contributed by atoms with E-state index in [9.17, 15) is 4.79 Å². The number of hydrogen-bond acceptors (Lipinski definition) is 3. The smallest absolute Gasteiger partial charge is 0.321 e. The third kappa shape index (κ3) is 3.05. The summed E-state index contributed by atoms with van der Waals surface area (Å²) < 4.78 is 11.9. The molecule has 3 rings (SSSR count). The number of fused-ring (bicyclic) bond motifs is 1. The Morgan fingerprint density at radius 3 is 2.39 bits per heavy atom. The quantitative estimate of drug-likeness (QED) is 0.901. The number of halogens is 1. The van der Waals surface area contributed by atoms with Crippen molar-refractivity contribution < 1.29 is 14.3 Å². The number of benzene rings is 2. The van der Waals surface area contributed by atoms with E-state index < -0.39 is 5.79 Å². The maximum absolute atomic E-state index is 11.7. The lowest BCUT2D eigenvalue weighted by Crippen LogP contribution is -2.31. The van der Waals surface area contributed by atoms with E-state index in [0.29, 0.717) is 22.2 Å². The molecule has 2 aromatic carbocycles. The van der Waals surface area contributed by atoms with Crippen LogP contribution in [0.1, 0.15) is 12.5 Å². The summed E-state index contributed by atoms with van der Waals surface area (Å²) >= 11 is 5.92. The highest BCUT2D eigenvalue weighted by molar-refractivity contribution is 6.30. The Labute approximate surface area is 139 Å². The molecular formula is C17H17ClN2O3. The first-order valence-corrected chi connectivity index (χ1v) is 7.52. The summed E-state index contributed by atoms with van der Waals surface area (Å²) in [5.41, 5.74) is 1.50. The average molecular weight is 333 g/mol. The fraction of sp³-hybridized carbons (Fsp3) is 0.235. The van der Waals surface area contributed by atoms with E-state index in [-0.39, 0.29) is 6.03 Å². The van der Waals surface area contributed by atoms with Crippen molar-refractivity contribution in [3.63, 3.8) is 0 Å². The number of anilines is 1. The lowest BCUT2D eigenvalue weighted by molar-refractivity contribution is -0.0680. The molecule has 5 nitrogen and oxygen atoms in total. The molecule has 120 valence electrons. The molecule has 0 spiro atoms. The normalized spacial score (nSPS) is 18.6. The molecule has 0 aromatic heterocycles. The predicted octanol–water partition coefficient (Wildman–Crippen LogP) is 4.08. The maximum Gasteiger partial charge on any atom is 0.321 e. The minimum Gasteiger partial charge on any atom is -0.445 e. The number of carbonyl (C=O) groups excluding carboxylic acids is 1. The van der Waals surface area contributed by atoms with Crippen molar-refractivity contribution in [3.8, 4) is 11.5 Å². The Bertz CT molecular complexity index is 746. The first-order chi connectivity index (χ1) is 10.9. The number of nitrogens with zero attached hydrogens (tertiary/aromatic N) is 1. The minimum absolute atomic E-state index is 0.204. The zero-order chi connectivity index (χ0) is 16.6. The molecule has 6 heteroatoms. The van der Waals surface area contributed by atoms with Gasteiger partial charge in [-0.3, -0.25) is 0 Å². The maximum atomic E-state index is 11.7. The van der Waals surface area contributed by atoms with Gasteiger partial charge in [-0.05, 0) is 36.4 Å². The van der Waals surface area contributed by atoms with Crippen LogP contribution in [0.2, 0.25) is 5.02 Å². The van der Waals surface area contributed by atoms with Crippen molar-refractivity contribution in [1.82, 2.24) is 4.90 Å². The van der Waals surface area contributed by atoms with Crippen LogP contribution < -0.4 is 14.8 Å². The van der Waals surface area contributed by atoms with Gasteiger partial charge >= 0.3 is 6.03 Å². The van der Waals surface area contributed by atoms with Gasteiger partial charge in [0.25, 0.3) is 5.79 Å². The van der Waals surface area contributed by atoms with Gasteiger partial charge < -0.3 is 19.7 Å². The van der Waals surface area contributed by atoms with Gasteiger partial charge in [-0.25, -0.2) is 4.79 Å². The van der Waals surface area contributed by atoms with Crippen molar-refractivity contribution in [2.24, 2.45) is 0 Å². The van der Waals surface area contributed by atoms with Crippen LogP contribution >= 0.6 is 11.6 Å². The van der Waals surface area contributed by atoms with Crippen LogP contribution in [0.15, 0.2) is 42.5 Å². The topological polar surface area (TPSA) is 50.8 Å². The lowest BCUT2D eigenvalue weighted by Gasteiger charge is -2.23. The van der Waals surface area contributed by atoms with Crippen molar-refractivity contribution in [1.29, 1.82) is 0 Å². The number of carbonyl (C=O) groups is 1. The third-order valence-corrected chi connectivity index (χ3v) is 3.83. The van der Waals surface area contributed by atoms with Crippen LogP contribution in [0, 0.1) is 0 Å². The van der Waals surface area contributed by atoms with Crippen molar-refractivity contribution in [2.45, 2.75) is 12.7 Å². The van der Waals surface area contributed by atoms with E-state index in [1.54, 1.807) is 44.4 Å². The first-order valence-electron chi connectivity index (χ1n) is 7.14. The van der Waals surface area contributed by atoms with Crippen LogP contribution in [-0.2, 0) is 5.79 Å². The van der Waals surface area contributed by atoms with Gasteiger partial charge in [0.2, 0.25) is 0 Å². The summed E-state index contributed by atoms with van der Waals surface area (Å²) in [6.07, 6.45) is 0. The molecule has 2 amide bonds. The Morgan fingerprint density at radius 2 is 1.74 bits per heavy atom. The lowest BCUT2D eigenvalue weighted by atomic mass is 10.1. The number of urea groups is 1. The average Bonchev–Trinajstić information content (AvgIpc) is 2.84. The second-order valence-electron chi connectivity index (χ2n) is 5.64. The summed E-state index contributed by atoms with van der Waals surface area (Å²) in [7, 11) is 3.36. The van der Waals surface area contributed by atoms with Gasteiger partial charge in [0.1, 0.15) is 0 Å². The molecule has 23 heavy (non-hydrogen) atoms. The second kappa shape index (κ2) is 5.66. The number of nitrogens with one attached hydrogen (secondary N) is 1. The molecule has 1 unspecified atom stereocenters. The second-order valence-corrected chi connectivity index (χ2v) is 6.08. The van der Waals surface area contributed by atoms with E-state index in [1.807, 2.05) is 19.1 Å². The van der Waals surface area contributed by atoms with Crippen LogP contribution in [0.3, 0.4) is 0 Å². The first kappa shape index (κ1) is 15.5. The highest BCUT2D eigenvalue weighted by atomic mass is 35.5.